The van der Waals surface area contributed by atoms with Crippen LogP contribution in [0.25, 0.3) is 28.2 Å². The lowest BCUT2D eigenvalue weighted by Crippen LogP contribution is -2.03. The summed E-state index contributed by atoms with van der Waals surface area (Å²) in [5, 5.41) is 0. The molecule has 0 radical (unpaired) electrons. The number of fused-ring (bicyclic) bond motifs is 1. The lowest BCUT2D eigenvalue weighted by atomic mass is 10.2. The van der Waals surface area contributed by atoms with Gasteiger partial charge >= 0.3 is 0 Å². The molecule has 1 saturated carbocycles. The summed E-state index contributed by atoms with van der Waals surface area (Å²) in [6, 6.07) is 16.1. The smallest absolute Gasteiger partial charge is 0.165 e. The van der Waals surface area contributed by atoms with Crippen molar-refractivity contribution < 1.29 is 0 Å². The second-order valence-corrected chi connectivity index (χ2v) is 6.93. The monoisotopic (exact) mass is 356 g/mol. The van der Waals surface area contributed by atoms with Crippen LogP contribution in [0.2, 0.25) is 0 Å². The van der Waals surface area contributed by atoms with E-state index in [0.717, 1.165) is 39.5 Å². The average molecular weight is 356 g/mol. The van der Waals surface area contributed by atoms with Crippen LogP contribution in [0.4, 0.5) is 5.82 Å². The maximum atomic E-state index is 6.15. The first-order valence-corrected chi connectivity index (χ1v) is 9.14. The highest BCUT2D eigenvalue weighted by atomic mass is 15.1. The van der Waals surface area contributed by atoms with Crippen LogP contribution < -0.4 is 11.5 Å². The number of benzene rings is 1. The summed E-state index contributed by atoms with van der Waals surface area (Å²) in [6.45, 7) is 0.511. The molecule has 1 aliphatic carbocycles. The van der Waals surface area contributed by atoms with Crippen LogP contribution in [0.1, 0.15) is 30.0 Å². The van der Waals surface area contributed by atoms with Gasteiger partial charge in [0.15, 0.2) is 11.5 Å². The molecule has 5 rings (SSSR count). The number of nitrogens with two attached hydrogens (primary N) is 2. The van der Waals surface area contributed by atoms with Crippen LogP contribution in [0, 0.1) is 0 Å². The van der Waals surface area contributed by atoms with Gasteiger partial charge in [0.2, 0.25) is 0 Å². The standard InChI is InChI=1S/C21H20N6/c22-12-13-3-7-15(8-4-13)27-20(16-2-1-11-24-19(16)23)26-18-10-9-17(14-5-6-14)25-21(18)27/h1-4,7-11,14H,5-6,12,22H2,(H2,23,24). The zero-order valence-corrected chi connectivity index (χ0v) is 14.8. The summed E-state index contributed by atoms with van der Waals surface area (Å²) in [5.41, 5.74) is 17.6. The molecule has 0 aliphatic heterocycles. The third-order valence-electron chi connectivity index (χ3n) is 5.03. The largest absolute Gasteiger partial charge is 0.383 e. The number of pyridine rings is 2. The third-order valence-corrected chi connectivity index (χ3v) is 5.03. The highest BCUT2D eigenvalue weighted by Gasteiger charge is 2.26. The van der Waals surface area contributed by atoms with Gasteiger partial charge in [-0.3, -0.25) is 4.57 Å². The van der Waals surface area contributed by atoms with E-state index < -0.39 is 0 Å². The van der Waals surface area contributed by atoms with Gasteiger partial charge in [0.05, 0.1) is 5.56 Å². The minimum Gasteiger partial charge on any atom is -0.383 e. The first-order chi connectivity index (χ1) is 13.2. The zero-order valence-electron chi connectivity index (χ0n) is 14.8. The fourth-order valence-electron chi connectivity index (χ4n) is 3.39. The topological polar surface area (TPSA) is 95.6 Å². The fourth-order valence-corrected chi connectivity index (χ4v) is 3.39. The molecule has 4 N–H and O–H groups in total. The van der Waals surface area contributed by atoms with E-state index in [4.69, 9.17) is 21.4 Å². The summed E-state index contributed by atoms with van der Waals surface area (Å²) in [6.07, 6.45) is 4.10. The van der Waals surface area contributed by atoms with Gasteiger partial charge in [-0.2, -0.15) is 0 Å². The van der Waals surface area contributed by atoms with Crippen LogP contribution in [0.5, 0.6) is 0 Å². The second kappa shape index (κ2) is 6.17. The van der Waals surface area contributed by atoms with Crippen LogP contribution in [0.3, 0.4) is 0 Å². The van der Waals surface area contributed by atoms with Gasteiger partial charge in [-0.25, -0.2) is 15.0 Å². The van der Waals surface area contributed by atoms with E-state index >= 15 is 0 Å². The molecule has 3 aromatic heterocycles. The first-order valence-electron chi connectivity index (χ1n) is 9.14. The molecule has 6 heteroatoms. The van der Waals surface area contributed by atoms with Gasteiger partial charge in [0.1, 0.15) is 11.3 Å². The van der Waals surface area contributed by atoms with Crippen LogP contribution in [-0.4, -0.2) is 19.5 Å². The van der Waals surface area contributed by atoms with Gasteiger partial charge < -0.3 is 11.5 Å². The fraction of sp³-hybridized carbons (Fsp3) is 0.190. The Hall–Kier alpha value is -3.25. The van der Waals surface area contributed by atoms with E-state index in [2.05, 4.69) is 21.7 Å². The van der Waals surface area contributed by atoms with Crippen molar-refractivity contribution in [2.45, 2.75) is 25.3 Å². The molecule has 0 spiro atoms. The number of rotatable bonds is 4. The lowest BCUT2D eigenvalue weighted by Gasteiger charge is -2.11. The Labute approximate surface area is 156 Å². The van der Waals surface area contributed by atoms with Crippen molar-refractivity contribution in [1.29, 1.82) is 0 Å². The molecule has 3 heterocycles. The maximum Gasteiger partial charge on any atom is 0.165 e. The number of aromatic nitrogens is 4. The predicted molar refractivity (Wildman–Crippen MR) is 106 cm³/mol. The SMILES string of the molecule is NCc1ccc(-n2c(-c3cccnc3N)nc3ccc(C4CC4)nc32)cc1. The Morgan fingerprint density at radius 3 is 2.52 bits per heavy atom. The number of hydrogen-bond acceptors (Lipinski definition) is 5. The first kappa shape index (κ1) is 16.0. The predicted octanol–water partition coefficient (Wildman–Crippen LogP) is 3.40. The highest BCUT2D eigenvalue weighted by molar-refractivity contribution is 5.82. The van der Waals surface area contributed by atoms with E-state index in [-0.39, 0.29) is 0 Å². The van der Waals surface area contributed by atoms with Crippen molar-refractivity contribution in [3.8, 4) is 17.1 Å². The zero-order chi connectivity index (χ0) is 18.4. The second-order valence-electron chi connectivity index (χ2n) is 6.93. The molecule has 1 aliphatic rings. The Bertz CT molecular complexity index is 1130. The third kappa shape index (κ3) is 2.74. The van der Waals surface area contributed by atoms with Crippen molar-refractivity contribution in [2.24, 2.45) is 5.73 Å². The minimum absolute atomic E-state index is 0.454. The lowest BCUT2D eigenvalue weighted by molar-refractivity contribution is 1.00. The molecule has 0 unspecified atom stereocenters. The molecule has 6 nitrogen and oxygen atoms in total. The molecule has 27 heavy (non-hydrogen) atoms. The van der Waals surface area contributed by atoms with Gasteiger partial charge in [-0.15, -0.1) is 0 Å². The molecule has 4 aromatic rings. The molecule has 0 bridgehead atoms. The van der Waals surface area contributed by atoms with Crippen LogP contribution in [0.15, 0.2) is 54.7 Å². The average Bonchev–Trinajstić information content (AvgIpc) is 3.49. The number of anilines is 1. The normalized spacial score (nSPS) is 14.0. The Morgan fingerprint density at radius 2 is 1.81 bits per heavy atom. The Morgan fingerprint density at radius 1 is 1.00 bits per heavy atom. The maximum absolute atomic E-state index is 6.15. The highest BCUT2D eigenvalue weighted by Crippen LogP contribution is 2.40. The molecule has 134 valence electrons. The van der Waals surface area contributed by atoms with E-state index in [1.165, 1.54) is 12.8 Å². The number of hydrogen-bond donors (Lipinski definition) is 2. The molecule has 1 fully saturated rings. The summed E-state index contributed by atoms with van der Waals surface area (Å²) in [4.78, 5) is 14.0. The van der Waals surface area contributed by atoms with Crippen molar-refractivity contribution in [1.82, 2.24) is 19.5 Å². The number of nitrogen functional groups attached to an aromatic ring is 1. The van der Waals surface area contributed by atoms with E-state index in [1.54, 1.807) is 6.20 Å². The molecular weight excluding hydrogens is 336 g/mol. The van der Waals surface area contributed by atoms with Gasteiger partial charge in [0, 0.05) is 30.0 Å². The Balaban J connectivity index is 1.78. The molecule has 1 aromatic carbocycles. The molecule has 0 amide bonds. The summed E-state index contributed by atoms with van der Waals surface area (Å²) < 4.78 is 2.06. The van der Waals surface area contributed by atoms with Crippen LogP contribution >= 0.6 is 0 Å². The van der Waals surface area contributed by atoms with Gasteiger partial charge in [-0.1, -0.05) is 12.1 Å². The number of nitrogens with zero attached hydrogens (tertiary/aromatic N) is 4. The summed E-state index contributed by atoms with van der Waals surface area (Å²) in [7, 11) is 0. The van der Waals surface area contributed by atoms with Gasteiger partial charge in [0.25, 0.3) is 0 Å². The van der Waals surface area contributed by atoms with E-state index in [1.807, 2.05) is 36.4 Å². The van der Waals surface area contributed by atoms with E-state index in [0.29, 0.717) is 18.3 Å². The quantitative estimate of drug-likeness (QED) is 0.584. The summed E-state index contributed by atoms with van der Waals surface area (Å²) in [5.74, 6) is 1.77. The van der Waals surface area contributed by atoms with Crippen LogP contribution in [-0.2, 0) is 6.54 Å². The minimum atomic E-state index is 0.454. The summed E-state index contributed by atoms with van der Waals surface area (Å²) >= 11 is 0. The molecular formula is C21H20N6. The Kier molecular flexibility index (Phi) is 3.65. The van der Waals surface area contributed by atoms with Gasteiger partial charge in [-0.05, 0) is 54.8 Å². The molecule has 0 atom stereocenters. The van der Waals surface area contributed by atoms with Crippen molar-refractivity contribution in [3.05, 3.63) is 66.0 Å². The number of imidazole rings is 1. The van der Waals surface area contributed by atoms with Crippen molar-refractivity contribution >= 4 is 17.0 Å². The van der Waals surface area contributed by atoms with Crippen molar-refractivity contribution in [2.75, 3.05) is 5.73 Å². The van der Waals surface area contributed by atoms with Crippen molar-refractivity contribution in [3.63, 3.8) is 0 Å². The van der Waals surface area contributed by atoms with E-state index in [9.17, 15) is 0 Å². The molecule has 0 saturated heterocycles.